The summed E-state index contributed by atoms with van der Waals surface area (Å²) in [4.78, 5) is 37.6. The van der Waals surface area contributed by atoms with Crippen LogP contribution < -0.4 is 16.4 Å². The third kappa shape index (κ3) is 6.74. The van der Waals surface area contributed by atoms with Gasteiger partial charge in [-0.2, -0.15) is 0 Å². The number of aliphatic hydroxyl groups is 1. The van der Waals surface area contributed by atoms with Crippen LogP contribution in [0, 0.1) is 0 Å². The van der Waals surface area contributed by atoms with Gasteiger partial charge in [-0.25, -0.2) is 0 Å². The topological polar surface area (TPSA) is 122 Å². The molecule has 0 aromatic heterocycles. The molecule has 7 nitrogen and oxygen atoms in total. The van der Waals surface area contributed by atoms with Crippen molar-refractivity contribution in [2.45, 2.75) is 24.6 Å². The lowest BCUT2D eigenvalue weighted by molar-refractivity contribution is -0.134. The number of rotatable bonds is 9. The van der Waals surface area contributed by atoms with Crippen molar-refractivity contribution in [2.75, 3.05) is 0 Å². The van der Waals surface area contributed by atoms with Gasteiger partial charge in [0.15, 0.2) is 6.10 Å². The summed E-state index contributed by atoms with van der Waals surface area (Å²) >= 11 is 3.35. The number of carbonyl (C=O) groups is 3. The maximum absolute atomic E-state index is 12.9. The summed E-state index contributed by atoms with van der Waals surface area (Å²) in [6, 6.07) is 22.3. The quantitative estimate of drug-likeness (QED) is 0.354. The van der Waals surface area contributed by atoms with Crippen LogP contribution in [0.2, 0.25) is 0 Å². The van der Waals surface area contributed by atoms with Crippen molar-refractivity contribution in [3.63, 3.8) is 0 Å². The molecule has 3 amide bonds. The lowest BCUT2D eigenvalue weighted by Crippen LogP contribution is -2.52. The Kier molecular flexibility index (Phi) is 8.34. The van der Waals surface area contributed by atoms with Gasteiger partial charge in [-0.1, -0.05) is 76.6 Å². The molecule has 0 fully saturated rings. The Morgan fingerprint density at radius 3 is 2.00 bits per heavy atom. The van der Waals surface area contributed by atoms with Crippen LogP contribution in [-0.2, 0) is 16.0 Å². The normalized spacial score (nSPS) is 13.4. The van der Waals surface area contributed by atoms with Crippen LogP contribution in [0.4, 0.5) is 0 Å². The second-order valence-corrected chi connectivity index (χ2v) is 8.38. The Labute approximate surface area is 200 Å². The van der Waals surface area contributed by atoms with Gasteiger partial charge in [-0.15, -0.1) is 0 Å². The molecule has 0 heterocycles. The van der Waals surface area contributed by atoms with Gasteiger partial charge in [0.1, 0.15) is 6.04 Å². The van der Waals surface area contributed by atoms with Crippen LogP contribution >= 0.6 is 15.9 Å². The Bertz CT molecular complexity index is 1090. The van der Waals surface area contributed by atoms with E-state index in [2.05, 4.69) is 26.6 Å². The highest BCUT2D eigenvalue weighted by molar-refractivity contribution is 9.10. The lowest BCUT2D eigenvalue weighted by atomic mass is 9.99. The molecule has 3 rings (SSSR count). The predicted octanol–water partition coefficient (Wildman–Crippen LogP) is 2.49. The third-order valence-electron chi connectivity index (χ3n) is 5.08. The summed E-state index contributed by atoms with van der Waals surface area (Å²) in [6.45, 7) is 0. The molecule has 0 aliphatic carbocycles. The lowest BCUT2D eigenvalue weighted by Gasteiger charge is -2.26. The van der Waals surface area contributed by atoms with Gasteiger partial charge in [0.2, 0.25) is 5.91 Å². The average Bonchev–Trinajstić information content (AvgIpc) is 2.83. The summed E-state index contributed by atoms with van der Waals surface area (Å²) in [5.74, 6) is -2.00. The van der Waals surface area contributed by atoms with Gasteiger partial charge < -0.3 is 21.5 Å². The average molecular weight is 510 g/mol. The minimum absolute atomic E-state index is 0.160. The first-order valence-corrected chi connectivity index (χ1v) is 11.1. The fourth-order valence-electron chi connectivity index (χ4n) is 3.31. The summed E-state index contributed by atoms with van der Waals surface area (Å²) in [7, 11) is 0. The van der Waals surface area contributed by atoms with E-state index in [1.54, 1.807) is 72.8 Å². The zero-order chi connectivity index (χ0) is 23.8. The SMILES string of the molecule is NC(=O)[C@@H](Cc1ccc(Br)cc1)NC(=O)[C@H](O)[C@@H](NC(=O)c1ccccc1)c1ccccc1. The summed E-state index contributed by atoms with van der Waals surface area (Å²) in [5, 5.41) is 16.1. The highest BCUT2D eigenvalue weighted by atomic mass is 79.9. The first kappa shape index (κ1) is 24.2. The van der Waals surface area contributed by atoms with E-state index < -0.39 is 35.9 Å². The molecule has 0 bridgehead atoms. The molecule has 0 unspecified atom stereocenters. The van der Waals surface area contributed by atoms with Crippen molar-refractivity contribution in [3.05, 3.63) is 106 Å². The molecule has 3 aromatic carbocycles. The van der Waals surface area contributed by atoms with Gasteiger partial charge in [0.25, 0.3) is 11.8 Å². The maximum Gasteiger partial charge on any atom is 0.252 e. The Balaban J connectivity index is 1.78. The number of aliphatic hydroxyl groups excluding tert-OH is 1. The Morgan fingerprint density at radius 1 is 0.848 bits per heavy atom. The molecule has 5 N–H and O–H groups in total. The Morgan fingerprint density at radius 2 is 1.42 bits per heavy atom. The summed E-state index contributed by atoms with van der Waals surface area (Å²) in [6.07, 6.45) is -1.50. The van der Waals surface area contributed by atoms with Crippen molar-refractivity contribution >= 4 is 33.7 Å². The van der Waals surface area contributed by atoms with Gasteiger partial charge in [0, 0.05) is 16.5 Å². The molecule has 170 valence electrons. The monoisotopic (exact) mass is 509 g/mol. The van der Waals surface area contributed by atoms with Crippen molar-refractivity contribution in [1.29, 1.82) is 0 Å². The number of amides is 3. The number of hydrogen-bond donors (Lipinski definition) is 4. The molecular weight excluding hydrogens is 486 g/mol. The largest absolute Gasteiger partial charge is 0.381 e. The van der Waals surface area contributed by atoms with Crippen LogP contribution in [0.3, 0.4) is 0 Å². The van der Waals surface area contributed by atoms with E-state index in [1.807, 2.05) is 12.1 Å². The first-order valence-electron chi connectivity index (χ1n) is 10.3. The van der Waals surface area contributed by atoms with Crippen molar-refractivity contribution in [1.82, 2.24) is 10.6 Å². The van der Waals surface area contributed by atoms with E-state index in [0.29, 0.717) is 11.1 Å². The fraction of sp³-hybridized carbons (Fsp3) is 0.160. The highest BCUT2D eigenvalue weighted by Crippen LogP contribution is 2.19. The van der Waals surface area contributed by atoms with Gasteiger partial charge in [-0.3, -0.25) is 14.4 Å². The molecule has 0 spiro atoms. The molecule has 8 heteroatoms. The standard InChI is InChI=1S/C25H24BrN3O4/c26-19-13-11-16(12-14-19)15-20(23(27)31)28-25(33)22(30)21(17-7-3-1-4-8-17)29-24(32)18-9-5-2-6-10-18/h1-14,20-22,30H,15H2,(H2,27,31)(H,28,33)(H,29,32)/t20-,21+,22-/m1/s1. The van der Waals surface area contributed by atoms with Crippen molar-refractivity contribution < 1.29 is 19.5 Å². The number of nitrogens with two attached hydrogens (primary N) is 1. The smallest absolute Gasteiger partial charge is 0.252 e. The second kappa shape index (κ2) is 11.4. The molecule has 0 aliphatic heterocycles. The van der Waals surface area contributed by atoms with E-state index in [9.17, 15) is 19.5 Å². The molecule has 0 radical (unpaired) electrons. The number of hydrogen-bond acceptors (Lipinski definition) is 4. The summed E-state index contributed by atoms with van der Waals surface area (Å²) in [5.41, 5.74) is 7.20. The maximum atomic E-state index is 12.9. The van der Waals surface area contributed by atoms with E-state index in [1.165, 1.54) is 0 Å². The summed E-state index contributed by atoms with van der Waals surface area (Å²) < 4.78 is 0.876. The third-order valence-corrected chi connectivity index (χ3v) is 5.61. The van der Waals surface area contributed by atoms with Crippen LogP contribution in [-0.4, -0.2) is 35.0 Å². The van der Waals surface area contributed by atoms with E-state index in [0.717, 1.165) is 10.0 Å². The number of nitrogens with one attached hydrogen (secondary N) is 2. The number of primary amides is 1. The fourth-order valence-corrected chi connectivity index (χ4v) is 3.57. The Hall–Kier alpha value is -3.49. The highest BCUT2D eigenvalue weighted by Gasteiger charge is 2.31. The van der Waals surface area contributed by atoms with Crippen LogP contribution in [0.15, 0.2) is 89.4 Å². The van der Waals surface area contributed by atoms with Crippen LogP contribution in [0.25, 0.3) is 0 Å². The second-order valence-electron chi connectivity index (χ2n) is 7.47. The number of halogens is 1. The minimum atomic E-state index is -1.66. The zero-order valence-corrected chi connectivity index (χ0v) is 19.2. The van der Waals surface area contributed by atoms with E-state index in [-0.39, 0.29) is 6.42 Å². The van der Waals surface area contributed by atoms with Gasteiger partial charge in [0.05, 0.1) is 6.04 Å². The van der Waals surface area contributed by atoms with Crippen molar-refractivity contribution in [3.8, 4) is 0 Å². The van der Waals surface area contributed by atoms with Crippen molar-refractivity contribution in [2.24, 2.45) is 5.73 Å². The van der Waals surface area contributed by atoms with Gasteiger partial charge >= 0.3 is 0 Å². The van der Waals surface area contributed by atoms with E-state index >= 15 is 0 Å². The van der Waals surface area contributed by atoms with E-state index in [4.69, 9.17) is 5.73 Å². The number of benzene rings is 3. The molecular formula is C25H24BrN3O4. The van der Waals surface area contributed by atoms with Crippen LogP contribution in [0.1, 0.15) is 27.5 Å². The molecule has 0 aliphatic rings. The molecule has 33 heavy (non-hydrogen) atoms. The molecule has 0 saturated carbocycles. The van der Waals surface area contributed by atoms with Gasteiger partial charge in [-0.05, 0) is 35.4 Å². The molecule has 3 atom stereocenters. The molecule has 0 saturated heterocycles. The number of carbonyl (C=O) groups excluding carboxylic acids is 3. The first-order chi connectivity index (χ1) is 15.8. The predicted molar refractivity (Wildman–Crippen MR) is 128 cm³/mol. The minimum Gasteiger partial charge on any atom is -0.381 e. The molecule has 3 aromatic rings. The zero-order valence-electron chi connectivity index (χ0n) is 17.6. The van der Waals surface area contributed by atoms with Crippen LogP contribution in [0.5, 0.6) is 0 Å².